The minimum absolute atomic E-state index is 0.145. The van der Waals surface area contributed by atoms with Crippen molar-refractivity contribution in [3.05, 3.63) is 48.0 Å². The van der Waals surface area contributed by atoms with Crippen LogP contribution in [0.2, 0.25) is 0 Å². The van der Waals surface area contributed by atoms with E-state index in [0.717, 1.165) is 49.8 Å². The van der Waals surface area contributed by atoms with E-state index in [2.05, 4.69) is 25.8 Å². The third-order valence-electron chi connectivity index (χ3n) is 7.19. The van der Waals surface area contributed by atoms with Gasteiger partial charge in [-0.1, -0.05) is 6.07 Å². The van der Waals surface area contributed by atoms with Crippen LogP contribution in [0.15, 0.2) is 42.5 Å². The number of carbonyl (C=O) groups excluding carboxylic acids is 4. The number of amides is 4. The fourth-order valence-electron chi connectivity index (χ4n) is 5.13. The minimum Gasteiger partial charge on any atom is -0.454 e. The highest BCUT2D eigenvalue weighted by atomic mass is 16.7. The standard InChI is InChI=1S/C28H34N6O6/c1-19(35)30-21-3-5-22(6-4-21)31-26(36)15-23-28(38)29-8-9-34(23)27(37)17-33-12-10-32(11-13-33)16-20-2-7-24-25(14-20)40-18-39-24/h2-7,14,23H,8-13,15-18H2,1H3,(H,29,38)(H,30,35)(H,31,36)/t23-/m0/s1. The molecule has 12 nitrogen and oxygen atoms in total. The van der Waals surface area contributed by atoms with E-state index in [9.17, 15) is 19.2 Å². The number of hydrogen-bond acceptors (Lipinski definition) is 8. The molecular weight excluding hydrogens is 516 g/mol. The van der Waals surface area contributed by atoms with Crippen LogP contribution in [0.3, 0.4) is 0 Å². The fourth-order valence-corrected chi connectivity index (χ4v) is 5.13. The topological polar surface area (TPSA) is 133 Å². The summed E-state index contributed by atoms with van der Waals surface area (Å²) in [5.74, 6) is 0.500. The van der Waals surface area contributed by atoms with E-state index in [1.807, 2.05) is 18.2 Å². The summed E-state index contributed by atoms with van der Waals surface area (Å²) in [7, 11) is 0. The zero-order chi connectivity index (χ0) is 28.1. The molecule has 1 atom stereocenters. The summed E-state index contributed by atoms with van der Waals surface area (Å²) < 4.78 is 10.9. The summed E-state index contributed by atoms with van der Waals surface area (Å²) in [4.78, 5) is 55.8. The number of carbonyl (C=O) groups is 4. The quantitative estimate of drug-likeness (QED) is 0.441. The first-order chi connectivity index (χ1) is 19.3. The van der Waals surface area contributed by atoms with Gasteiger partial charge >= 0.3 is 0 Å². The average molecular weight is 551 g/mol. The van der Waals surface area contributed by atoms with Crippen molar-refractivity contribution in [1.29, 1.82) is 0 Å². The molecule has 212 valence electrons. The Labute approximate surface area is 232 Å². The average Bonchev–Trinajstić information content (AvgIpc) is 3.40. The monoisotopic (exact) mass is 550 g/mol. The number of piperazine rings is 2. The van der Waals surface area contributed by atoms with Crippen LogP contribution in [0.4, 0.5) is 11.4 Å². The predicted molar refractivity (Wildman–Crippen MR) is 147 cm³/mol. The van der Waals surface area contributed by atoms with Gasteiger partial charge in [0.25, 0.3) is 0 Å². The molecule has 0 unspecified atom stereocenters. The molecule has 3 N–H and O–H groups in total. The van der Waals surface area contributed by atoms with Crippen molar-refractivity contribution < 1.29 is 28.7 Å². The Morgan fingerprint density at radius 1 is 0.900 bits per heavy atom. The normalized spacial score (nSPS) is 19.2. The minimum atomic E-state index is -0.868. The van der Waals surface area contributed by atoms with Crippen molar-refractivity contribution >= 4 is 35.0 Å². The Morgan fingerprint density at radius 3 is 2.30 bits per heavy atom. The Morgan fingerprint density at radius 2 is 1.57 bits per heavy atom. The number of nitrogens with one attached hydrogen (secondary N) is 3. The molecule has 0 aromatic heterocycles. The smallest absolute Gasteiger partial charge is 0.243 e. The lowest BCUT2D eigenvalue weighted by molar-refractivity contribution is -0.145. The molecule has 0 radical (unpaired) electrons. The van der Waals surface area contributed by atoms with Crippen molar-refractivity contribution in [3.63, 3.8) is 0 Å². The number of benzene rings is 2. The number of anilines is 2. The summed E-state index contributed by atoms with van der Waals surface area (Å²) in [6.07, 6.45) is -0.145. The number of nitrogens with zero attached hydrogens (tertiary/aromatic N) is 3. The second kappa shape index (κ2) is 12.3. The van der Waals surface area contributed by atoms with Gasteiger partial charge in [-0.3, -0.25) is 29.0 Å². The lowest BCUT2D eigenvalue weighted by atomic mass is 10.1. The highest BCUT2D eigenvalue weighted by Crippen LogP contribution is 2.32. The van der Waals surface area contributed by atoms with Gasteiger partial charge in [0.05, 0.1) is 13.0 Å². The fraction of sp³-hybridized carbons (Fsp3) is 0.429. The maximum Gasteiger partial charge on any atom is 0.243 e. The van der Waals surface area contributed by atoms with Gasteiger partial charge in [-0.05, 0) is 42.0 Å². The van der Waals surface area contributed by atoms with Crippen molar-refractivity contribution in [1.82, 2.24) is 20.0 Å². The van der Waals surface area contributed by atoms with Gasteiger partial charge in [0.1, 0.15) is 6.04 Å². The van der Waals surface area contributed by atoms with Crippen LogP contribution < -0.4 is 25.4 Å². The van der Waals surface area contributed by atoms with E-state index in [1.165, 1.54) is 11.8 Å². The highest BCUT2D eigenvalue weighted by molar-refractivity contribution is 5.98. The van der Waals surface area contributed by atoms with E-state index in [4.69, 9.17) is 9.47 Å². The summed E-state index contributed by atoms with van der Waals surface area (Å²) in [6.45, 7) is 6.47. The maximum absolute atomic E-state index is 13.3. The molecule has 2 aromatic rings. The van der Waals surface area contributed by atoms with Crippen molar-refractivity contribution in [2.75, 3.05) is 63.2 Å². The molecule has 3 aliphatic heterocycles. The van der Waals surface area contributed by atoms with E-state index in [1.54, 1.807) is 24.3 Å². The van der Waals surface area contributed by atoms with Crippen molar-refractivity contribution in [3.8, 4) is 11.5 Å². The molecule has 2 fully saturated rings. The van der Waals surface area contributed by atoms with Crippen LogP contribution in [0.5, 0.6) is 11.5 Å². The molecule has 4 amide bonds. The second-order valence-corrected chi connectivity index (χ2v) is 10.1. The molecule has 0 saturated carbocycles. The van der Waals surface area contributed by atoms with E-state index in [-0.39, 0.29) is 43.4 Å². The molecule has 3 heterocycles. The van der Waals surface area contributed by atoms with Crippen LogP contribution in [0, 0.1) is 0 Å². The second-order valence-electron chi connectivity index (χ2n) is 10.1. The Hall–Kier alpha value is -4.16. The summed E-state index contributed by atoms with van der Waals surface area (Å²) in [5.41, 5.74) is 2.30. The zero-order valence-electron chi connectivity index (χ0n) is 22.5. The molecule has 0 aliphatic carbocycles. The Bertz CT molecular complexity index is 1260. The number of hydrogen-bond donors (Lipinski definition) is 3. The summed E-state index contributed by atoms with van der Waals surface area (Å²) in [5, 5.41) is 8.20. The molecule has 0 spiro atoms. The Kier molecular flexibility index (Phi) is 8.46. The van der Waals surface area contributed by atoms with E-state index in [0.29, 0.717) is 24.5 Å². The van der Waals surface area contributed by atoms with Gasteiger partial charge in [0.2, 0.25) is 30.4 Å². The molecule has 3 aliphatic rings. The Balaban J connectivity index is 1.11. The van der Waals surface area contributed by atoms with Gasteiger partial charge in [0, 0.05) is 64.1 Å². The van der Waals surface area contributed by atoms with Crippen LogP contribution >= 0.6 is 0 Å². The first kappa shape index (κ1) is 27.4. The summed E-state index contributed by atoms with van der Waals surface area (Å²) in [6, 6.07) is 11.8. The largest absolute Gasteiger partial charge is 0.454 e. The number of rotatable bonds is 8. The predicted octanol–water partition coefficient (Wildman–Crippen LogP) is 0.847. The first-order valence-electron chi connectivity index (χ1n) is 13.4. The van der Waals surface area contributed by atoms with Crippen molar-refractivity contribution in [2.24, 2.45) is 0 Å². The lowest BCUT2D eigenvalue weighted by Gasteiger charge is -2.38. The van der Waals surface area contributed by atoms with Gasteiger partial charge in [-0.2, -0.15) is 0 Å². The lowest BCUT2D eigenvalue weighted by Crippen LogP contribution is -2.60. The SMILES string of the molecule is CC(=O)Nc1ccc(NC(=O)C[C@H]2C(=O)NCCN2C(=O)CN2CCN(Cc3ccc4c(c3)OCO4)CC2)cc1. The zero-order valence-corrected chi connectivity index (χ0v) is 22.5. The molecule has 40 heavy (non-hydrogen) atoms. The third kappa shape index (κ3) is 6.88. The van der Waals surface area contributed by atoms with Gasteiger partial charge in [0.15, 0.2) is 11.5 Å². The molecule has 2 aromatic carbocycles. The van der Waals surface area contributed by atoms with Gasteiger partial charge in [-0.15, -0.1) is 0 Å². The van der Waals surface area contributed by atoms with E-state index < -0.39 is 6.04 Å². The summed E-state index contributed by atoms with van der Waals surface area (Å²) >= 11 is 0. The van der Waals surface area contributed by atoms with Crippen LogP contribution in [0.1, 0.15) is 18.9 Å². The highest BCUT2D eigenvalue weighted by Gasteiger charge is 2.35. The van der Waals surface area contributed by atoms with E-state index >= 15 is 0 Å². The van der Waals surface area contributed by atoms with Crippen molar-refractivity contribution in [2.45, 2.75) is 25.9 Å². The number of ether oxygens (including phenoxy) is 2. The number of fused-ring (bicyclic) bond motifs is 1. The maximum atomic E-state index is 13.3. The first-order valence-corrected chi connectivity index (χ1v) is 13.4. The van der Waals surface area contributed by atoms with Crippen LogP contribution in [0.25, 0.3) is 0 Å². The molecule has 2 saturated heterocycles. The molecule has 5 rings (SSSR count). The van der Waals surface area contributed by atoms with Crippen LogP contribution in [-0.2, 0) is 25.7 Å². The molecule has 0 bridgehead atoms. The molecular formula is C28H34N6O6. The molecule has 12 heteroatoms. The van der Waals surface area contributed by atoms with Crippen LogP contribution in [-0.4, -0.2) is 97.0 Å². The third-order valence-corrected chi connectivity index (χ3v) is 7.19. The van der Waals surface area contributed by atoms with Gasteiger partial charge < -0.3 is 30.3 Å². The van der Waals surface area contributed by atoms with Gasteiger partial charge in [-0.25, -0.2) is 0 Å².